The summed E-state index contributed by atoms with van der Waals surface area (Å²) in [4.78, 5) is 26.1. The van der Waals surface area contributed by atoms with Crippen LogP contribution in [-0.2, 0) is 0 Å². The monoisotopic (exact) mass is 457 g/mol. The van der Waals surface area contributed by atoms with Crippen LogP contribution in [0.2, 0.25) is 0 Å². The number of carbonyl (C=O) groups excluding carboxylic acids is 1. The molecule has 5 N–H and O–H groups in total. The molecule has 0 spiro atoms. The minimum atomic E-state index is -0.313. The second kappa shape index (κ2) is 9.44. The third-order valence-corrected chi connectivity index (χ3v) is 5.91. The third kappa shape index (κ3) is 4.81. The Balaban J connectivity index is 1.50. The predicted octanol–water partition coefficient (Wildman–Crippen LogP) is 3.51. The van der Waals surface area contributed by atoms with Crippen molar-refractivity contribution in [2.24, 2.45) is 5.73 Å². The molecule has 1 aliphatic rings. The quantitative estimate of drug-likeness (QED) is 0.345. The van der Waals surface area contributed by atoms with Crippen LogP contribution in [-0.4, -0.2) is 42.6 Å². The van der Waals surface area contributed by atoms with E-state index in [1.54, 1.807) is 29.0 Å². The molecule has 0 bridgehead atoms. The Kier molecular flexibility index (Phi) is 6.05. The summed E-state index contributed by atoms with van der Waals surface area (Å²) >= 11 is 0. The van der Waals surface area contributed by atoms with Gasteiger partial charge >= 0.3 is 0 Å². The summed E-state index contributed by atoms with van der Waals surface area (Å²) < 4.78 is 1.56. The molecule has 0 aromatic carbocycles. The highest BCUT2D eigenvalue weighted by atomic mass is 16.2. The maximum atomic E-state index is 13.0. The molecule has 1 fully saturated rings. The molecule has 5 rings (SSSR count). The maximum Gasteiger partial charge on any atom is 0.276 e. The Bertz CT molecular complexity index is 1300. The molecule has 0 unspecified atom stereocenters. The number of hydrogen-bond acceptors (Lipinski definition) is 8. The number of imidazole rings is 1. The van der Waals surface area contributed by atoms with Crippen LogP contribution in [0.4, 0.5) is 23.0 Å². The van der Waals surface area contributed by atoms with Crippen molar-refractivity contribution < 1.29 is 4.79 Å². The lowest BCUT2D eigenvalue weighted by Crippen LogP contribution is -2.33. The number of pyridine rings is 2. The van der Waals surface area contributed by atoms with E-state index < -0.39 is 0 Å². The molecule has 4 aromatic heterocycles. The molecule has 34 heavy (non-hydrogen) atoms. The molecule has 1 amide bonds. The fourth-order valence-corrected chi connectivity index (χ4v) is 4.14. The zero-order chi connectivity index (χ0) is 23.5. The Hall–Kier alpha value is -4.05. The number of nitrogens with zero attached hydrogens (tertiary/aromatic N) is 5. The van der Waals surface area contributed by atoms with Crippen molar-refractivity contribution in [2.75, 3.05) is 16.0 Å². The molecular weight excluding hydrogens is 430 g/mol. The lowest BCUT2D eigenvalue weighted by molar-refractivity contribution is 0.102. The van der Waals surface area contributed by atoms with Gasteiger partial charge in [-0.2, -0.15) is 0 Å². The summed E-state index contributed by atoms with van der Waals surface area (Å²) in [7, 11) is 0. The Morgan fingerprint density at radius 1 is 1.09 bits per heavy atom. The first-order valence-corrected chi connectivity index (χ1v) is 11.4. The van der Waals surface area contributed by atoms with Crippen molar-refractivity contribution in [3.05, 3.63) is 66.4 Å². The average Bonchev–Trinajstić information content (AvgIpc) is 3.26. The highest BCUT2D eigenvalue weighted by Crippen LogP contribution is 2.26. The number of anilines is 4. The van der Waals surface area contributed by atoms with Gasteiger partial charge in [0, 0.05) is 41.9 Å². The molecule has 0 atom stereocenters. The van der Waals surface area contributed by atoms with Crippen LogP contribution in [0, 0.1) is 6.92 Å². The minimum Gasteiger partial charge on any atom is -0.366 e. The van der Waals surface area contributed by atoms with Crippen molar-refractivity contribution in [3.8, 4) is 0 Å². The van der Waals surface area contributed by atoms with E-state index in [0.717, 1.165) is 31.4 Å². The number of fused-ring (bicyclic) bond motifs is 1. The Labute approximate surface area is 197 Å². The zero-order valence-electron chi connectivity index (χ0n) is 18.9. The van der Waals surface area contributed by atoms with Crippen LogP contribution in [0.25, 0.3) is 5.65 Å². The fourth-order valence-electron chi connectivity index (χ4n) is 4.14. The second-order valence-electron chi connectivity index (χ2n) is 8.56. The lowest BCUT2D eigenvalue weighted by atomic mass is 9.92. The number of hydrogen-bond donors (Lipinski definition) is 4. The van der Waals surface area contributed by atoms with Crippen LogP contribution in [0.3, 0.4) is 0 Å². The van der Waals surface area contributed by atoms with Crippen LogP contribution in [0.5, 0.6) is 0 Å². The maximum absolute atomic E-state index is 13.0. The first-order valence-electron chi connectivity index (χ1n) is 11.4. The molecule has 4 heterocycles. The number of aromatic nitrogens is 5. The number of aryl methyl sites for hydroxylation is 1. The Morgan fingerprint density at radius 2 is 1.88 bits per heavy atom. The van der Waals surface area contributed by atoms with Gasteiger partial charge in [0.15, 0.2) is 11.3 Å². The molecule has 1 saturated carbocycles. The predicted molar refractivity (Wildman–Crippen MR) is 131 cm³/mol. The van der Waals surface area contributed by atoms with E-state index in [0.29, 0.717) is 34.4 Å². The van der Waals surface area contributed by atoms with Gasteiger partial charge in [0.25, 0.3) is 5.91 Å². The van der Waals surface area contributed by atoms with Gasteiger partial charge in [-0.1, -0.05) is 6.07 Å². The number of amides is 1. The zero-order valence-corrected chi connectivity index (χ0v) is 18.9. The van der Waals surface area contributed by atoms with E-state index in [-0.39, 0.29) is 18.0 Å². The molecule has 10 heteroatoms. The van der Waals surface area contributed by atoms with Gasteiger partial charge in [0.2, 0.25) is 0 Å². The minimum absolute atomic E-state index is 0.259. The summed E-state index contributed by atoms with van der Waals surface area (Å²) in [6.45, 7) is 1.94. The second-order valence-corrected chi connectivity index (χ2v) is 8.56. The average molecular weight is 458 g/mol. The molecule has 4 aromatic rings. The summed E-state index contributed by atoms with van der Waals surface area (Å²) in [5, 5.41) is 14.4. The van der Waals surface area contributed by atoms with Gasteiger partial charge in [-0.25, -0.2) is 14.5 Å². The largest absolute Gasteiger partial charge is 0.366 e. The van der Waals surface area contributed by atoms with E-state index >= 15 is 0 Å². The van der Waals surface area contributed by atoms with Crippen LogP contribution in [0.15, 0.2) is 55.0 Å². The number of carbonyl (C=O) groups is 1. The highest BCUT2D eigenvalue weighted by Gasteiger charge is 2.21. The van der Waals surface area contributed by atoms with Gasteiger partial charge in [0.05, 0.1) is 11.9 Å². The summed E-state index contributed by atoms with van der Waals surface area (Å²) in [5.74, 6) is 1.03. The molecule has 174 valence electrons. The first kappa shape index (κ1) is 21.8. The highest BCUT2D eigenvalue weighted by molar-refractivity contribution is 6.03. The summed E-state index contributed by atoms with van der Waals surface area (Å²) in [5.41, 5.74) is 9.16. The summed E-state index contributed by atoms with van der Waals surface area (Å²) in [6, 6.07) is 11.7. The normalized spacial score (nSPS) is 17.9. The van der Waals surface area contributed by atoms with Gasteiger partial charge in [-0.3, -0.25) is 9.78 Å². The van der Waals surface area contributed by atoms with E-state index in [1.165, 1.54) is 6.20 Å². The van der Waals surface area contributed by atoms with Crippen molar-refractivity contribution in [1.29, 1.82) is 0 Å². The topological polar surface area (TPSA) is 135 Å². The van der Waals surface area contributed by atoms with E-state index in [9.17, 15) is 4.79 Å². The van der Waals surface area contributed by atoms with E-state index in [2.05, 4.69) is 30.9 Å². The van der Waals surface area contributed by atoms with Crippen molar-refractivity contribution in [1.82, 2.24) is 24.6 Å². The van der Waals surface area contributed by atoms with Crippen molar-refractivity contribution >= 4 is 34.6 Å². The molecule has 0 aliphatic heterocycles. The van der Waals surface area contributed by atoms with Crippen LogP contribution in [0.1, 0.15) is 41.9 Å². The van der Waals surface area contributed by atoms with E-state index in [1.807, 2.05) is 31.2 Å². The number of nitrogens with two attached hydrogens (primary N) is 1. The first-order chi connectivity index (χ1) is 16.5. The fraction of sp³-hybridized carbons (Fsp3) is 0.292. The van der Waals surface area contributed by atoms with Crippen molar-refractivity contribution in [3.63, 3.8) is 0 Å². The number of nitrogens with one attached hydrogen (secondary N) is 3. The SMILES string of the molecule is Cc1cccc(Nc2cc(N[C@H]3CC[C@H](N)CC3)nn3c(C(=O)Nc4ccncc4)cnc23)n1. The number of rotatable bonds is 6. The lowest BCUT2D eigenvalue weighted by Gasteiger charge is -2.27. The molecule has 1 aliphatic carbocycles. The third-order valence-electron chi connectivity index (χ3n) is 5.91. The van der Waals surface area contributed by atoms with Gasteiger partial charge in [-0.15, -0.1) is 5.10 Å². The summed E-state index contributed by atoms with van der Waals surface area (Å²) in [6.07, 6.45) is 8.67. The van der Waals surface area contributed by atoms with Crippen LogP contribution >= 0.6 is 0 Å². The molecule has 10 nitrogen and oxygen atoms in total. The molecule has 0 radical (unpaired) electrons. The standard InChI is InChI=1S/C24H27N9O/c1-15-3-2-4-21(28-15)31-19-13-22(29-17-7-5-16(25)6-8-17)32-33-20(14-27-23(19)33)24(34)30-18-9-11-26-12-10-18/h2-4,9-14,16-17H,5-8,25H2,1H3,(H,28,31)(H,29,32)(H,26,30,34)/t16-,17-. The van der Waals surface area contributed by atoms with Crippen molar-refractivity contribution in [2.45, 2.75) is 44.7 Å². The molecule has 0 saturated heterocycles. The Morgan fingerprint density at radius 3 is 2.65 bits per heavy atom. The van der Waals surface area contributed by atoms with Gasteiger partial charge in [0.1, 0.15) is 11.6 Å². The molecular formula is C24H27N9O. The van der Waals surface area contributed by atoms with Crippen LogP contribution < -0.4 is 21.7 Å². The van der Waals surface area contributed by atoms with Gasteiger partial charge < -0.3 is 21.7 Å². The van der Waals surface area contributed by atoms with E-state index in [4.69, 9.17) is 10.8 Å². The van der Waals surface area contributed by atoms with Gasteiger partial charge in [-0.05, 0) is 56.9 Å². The smallest absolute Gasteiger partial charge is 0.276 e.